The molecule has 70 valence electrons. The lowest BCUT2D eigenvalue weighted by atomic mass is 10.3. The monoisotopic (exact) mass is 197 g/mol. The molecule has 0 aliphatic heterocycles. The molecule has 0 spiro atoms. The van der Waals surface area contributed by atoms with Crippen LogP contribution in [0.15, 0.2) is 0 Å². The number of rotatable bonds is 4. The third kappa shape index (κ3) is 2.48. The predicted molar refractivity (Wildman–Crippen MR) is 50.9 cm³/mol. The number of carbonyl (C=O) groups excluding carboxylic acids is 1. The summed E-state index contributed by atoms with van der Waals surface area (Å²) in [7, 11) is 0. The summed E-state index contributed by atoms with van der Waals surface area (Å²) in [5.41, 5.74) is 0. The number of aromatic nitrogens is 2. The Kier molecular flexibility index (Phi) is 2.26. The maximum absolute atomic E-state index is 10.8. The first kappa shape index (κ1) is 8.62. The van der Waals surface area contributed by atoms with E-state index in [-0.39, 0.29) is 5.78 Å². The molecule has 1 aliphatic carbocycles. The molecule has 0 atom stereocenters. The molecule has 0 bridgehead atoms. The molecule has 0 radical (unpaired) electrons. The van der Waals surface area contributed by atoms with Gasteiger partial charge in [0.05, 0.1) is 6.42 Å². The van der Waals surface area contributed by atoms with Crippen LogP contribution in [-0.4, -0.2) is 21.2 Å². The third-order valence-corrected chi connectivity index (χ3v) is 2.46. The average Bonchev–Trinajstić information content (AvgIpc) is 2.73. The summed E-state index contributed by atoms with van der Waals surface area (Å²) >= 11 is 1.34. The minimum atomic E-state index is 0.107. The molecule has 0 saturated heterocycles. The number of Topliss-reactive ketones (excluding diaryl/α,β-unsaturated/α-hetero) is 1. The topological polar surface area (TPSA) is 54.9 Å². The van der Waals surface area contributed by atoms with Crippen LogP contribution in [0.3, 0.4) is 0 Å². The Hall–Kier alpha value is -0.970. The summed E-state index contributed by atoms with van der Waals surface area (Å²) in [6.45, 7) is 1.55. The van der Waals surface area contributed by atoms with Crippen molar-refractivity contribution in [3.63, 3.8) is 0 Å². The fraction of sp³-hybridized carbons (Fsp3) is 0.625. The van der Waals surface area contributed by atoms with Crippen molar-refractivity contribution in [1.29, 1.82) is 0 Å². The van der Waals surface area contributed by atoms with E-state index in [2.05, 4.69) is 14.7 Å². The Morgan fingerprint density at radius 1 is 1.69 bits per heavy atom. The molecule has 4 nitrogen and oxygen atoms in total. The molecule has 13 heavy (non-hydrogen) atoms. The minimum Gasteiger partial charge on any atom is -0.358 e. The van der Waals surface area contributed by atoms with Crippen LogP contribution in [0.1, 0.15) is 25.6 Å². The Morgan fingerprint density at radius 3 is 3.08 bits per heavy atom. The van der Waals surface area contributed by atoms with E-state index in [4.69, 9.17) is 0 Å². The molecule has 0 amide bonds. The van der Waals surface area contributed by atoms with Gasteiger partial charge in [0.2, 0.25) is 5.13 Å². The van der Waals surface area contributed by atoms with Crippen LogP contribution in [0.2, 0.25) is 0 Å². The molecule has 1 aromatic rings. The smallest absolute Gasteiger partial charge is 0.202 e. The third-order valence-electron chi connectivity index (χ3n) is 1.78. The number of hydrogen-bond donors (Lipinski definition) is 1. The molecule has 1 aliphatic rings. The van der Waals surface area contributed by atoms with Crippen molar-refractivity contribution in [2.45, 2.75) is 32.2 Å². The summed E-state index contributed by atoms with van der Waals surface area (Å²) in [4.78, 5) is 15.0. The molecule has 1 N–H and O–H groups in total. The maximum Gasteiger partial charge on any atom is 0.202 e. The van der Waals surface area contributed by atoms with Crippen molar-refractivity contribution in [3.05, 3.63) is 5.82 Å². The van der Waals surface area contributed by atoms with Gasteiger partial charge in [0.25, 0.3) is 0 Å². The highest BCUT2D eigenvalue weighted by molar-refractivity contribution is 7.09. The van der Waals surface area contributed by atoms with E-state index in [1.165, 1.54) is 24.4 Å². The largest absolute Gasteiger partial charge is 0.358 e. The summed E-state index contributed by atoms with van der Waals surface area (Å²) < 4.78 is 4.08. The number of hydrogen-bond acceptors (Lipinski definition) is 5. The Morgan fingerprint density at radius 2 is 2.46 bits per heavy atom. The van der Waals surface area contributed by atoms with Crippen molar-refractivity contribution >= 4 is 22.4 Å². The zero-order valence-corrected chi connectivity index (χ0v) is 8.23. The van der Waals surface area contributed by atoms with Gasteiger partial charge in [-0.05, 0) is 19.8 Å². The number of nitrogens with zero attached hydrogens (tertiary/aromatic N) is 2. The fourth-order valence-electron chi connectivity index (χ4n) is 1.01. The summed E-state index contributed by atoms with van der Waals surface area (Å²) in [6.07, 6.45) is 2.80. The molecule has 2 rings (SSSR count). The first-order chi connectivity index (χ1) is 6.24. The normalized spacial score (nSPS) is 15.8. The highest BCUT2D eigenvalue weighted by atomic mass is 32.1. The molecule has 0 unspecified atom stereocenters. The van der Waals surface area contributed by atoms with Gasteiger partial charge in [-0.15, -0.1) is 0 Å². The van der Waals surface area contributed by atoms with Crippen LogP contribution in [-0.2, 0) is 11.2 Å². The summed E-state index contributed by atoms with van der Waals surface area (Å²) in [6, 6.07) is 0.595. The first-order valence-corrected chi connectivity index (χ1v) is 5.10. The highest BCUT2D eigenvalue weighted by Gasteiger charge is 2.22. The number of carbonyl (C=O) groups is 1. The molecule has 1 heterocycles. The Labute approximate surface area is 80.5 Å². The van der Waals surface area contributed by atoms with Gasteiger partial charge < -0.3 is 5.32 Å². The quantitative estimate of drug-likeness (QED) is 0.789. The van der Waals surface area contributed by atoms with Crippen LogP contribution in [0.25, 0.3) is 0 Å². The van der Waals surface area contributed by atoms with Crippen molar-refractivity contribution in [2.75, 3.05) is 5.32 Å². The average molecular weight is 197 g/mol. The highest BCUT2D eigenvalue weighted by Crippen LogP contribution is 2.25. The molecule has 1 aromatic heterocycles. The van der Waals surface area contributed by atoms with E-state index < -0.39 is 0 Å². The van der Waals surface area contributed by atoms with Crippen molar-refractivity contribution in [3.8, 4) is 0 Å². The van der Waals surface area contributed by atoms with Crippen molar-refractivity contribution in [2.24, 2.45) is 0 Å². The summed E-state index contributed by atoms with van der Waals surface area (Å²) in [5, 5.41) is 4.09. The van der Waals surface area contributed by atoms with Crippen LogP contribution >= 0.6 is 11.5 Å². The minimum absolute atomic E-state index is 0.107. The Bertz CT molecular complexity index is 319. The van der Waals surface area contributed by atoms with Crippen LogP contribution in [0.5, 0.6) is 0 Å². The molecule has 0 aromatic carbocycles. The first-order valence-electron chi connectivity index (χ1n) is 4.32. The molecular weight excluding hydrogens is 186 g/mol. The molecule has 5 heteroatoms. The zero-order valence-electron chi connectivity index (χ0n) is 7.41. The van der Waals surface area contributed by atoms with E-state index in [0.717, 1.165) is 5.13 Å². The number of ketones is 1. The van der Waals surface area contributed by atoms with Gasteiger partial charge in [-0.3, -0.25) is 4.79 Å². The lowest BCUT2D eigenvalue weighted by Crippen LogP contribution is -2.01. The van der Waals surface area contributed by atoms with Gasteiger partial charge >= 0.3 is 0 Å². The molecule has 1 saturated carbocycles. The van der Waals surface area contributed by atoms with Crippen molar-refractivity contribution < 1.29 is 4.79 Å². The van der Waals surface area contributed by atoms with Gasteiger partial charge in [-0.2, -0.15) is 4.37 Å². The maximum atomic E-state index is 10.8. The van der Waals surface area contributed by atoms with E-state index in [1.54, 1.807) is 6.92 Å². The van der Waals surface area contributed by atoms with Gasteiger partial charge in [0.1, 0.15) is 5.78 Å². The van der Waals surface area contributed by atoms with E-state index in [0.29, 0.717) is 18.3 Å². The molecule has 1 fully saturated rings. The Balaban J connectivity index is 1.95. The zero-order chi connectivity index (χ0) is 9.26. The standard InChI is InChI=1S/C8H11N3OS/c1-5(12)4-7-10-8(13-11-7)9-6-2-3-6/h6H,2-4H2,1H3,(H,9,10,11). The van der Waals surface area contributed by atoms with E-state index >= 15 is 0 Å². The number of anilines is 1. The lowest BCUT2D eigenvalue weighted by Gasteiger charge is -1.94. The lowest BCUT2D eigenvalue weighted by molar-refractivity contribution is -0.116. The van der Waals surface area contributed by atoms with Crippen molar-refractivity contribution in [1.82, 2.24) is 9.36 Å². The van der Waals surface area contributed by atoms with Crippen LogP contribution in [0, 0.1) is 0 Å². The van der Waals surface area contributed by atoms with Gasteiger partial charge in [-0.1, -0.05) is 0 Å². The second kappa shape index (κ2) is 3.41. The fourth-order valence-corrected chi connectivity index (χ4v) is 1.67. The van der Waals surface area contributed by atoms with Crippen LogP contribution < -0.4 is 5.32 Å². The summed E-state index contributed by atoms with van der Waals surface area (Å²) in [5.74, 6) is 0.747. The second-order valence-corrected chi connectivity index (χ2v) is 4.07. The van der Waals surface area contributed by atoms with Gasteiger partial charge in [-0.25, -0.2) is 4.98 Å². The van der Waals surface area contributed by atoms with Gasteiger partial charge in [0, 0.05) is 17.6 Å². The SMILES string of the molecule is CC(=O)Cc1nsc(NC2CC2)n1. The second-order valence-electron chi connectivity index (χ2n) is 3.31. The number of nitrogens with one attached hydrogen (secondary N) is 1. The van der Waals surface area contributed by atoms with Gasteiger partial charge in [0.15, 0.2) is 5.82 Å². The molecular formula is C8H11N3OS. The van der Waals surface area contributed by atoms with E-state index in [9.17, 15) is 4.79 Å². The van der Waals surface area contributed by atoms with Crippen LogP contribution in [0.4, 0.5) is 5.13 Å². The predicted octanol–water partition coefficient (Wildman–Crippen LogP) is 1.24. The van der Waals surface area contributed by atoms with E-state index in [1.807, 2.05) is 0 Å².